The largest absolute Gasteiger partial charge is 0.322 e. The topological polar surface area (TPSA) is 135 Å². The fourth-order valence-electron chi connectivity index (χ4n) is 5.02. The molecule has 0 atom stereocenters. The predicted molar refractivity (Wildman–Crippen MR) is 188 cm³/mol. The van der Waals surface area contributed by atoms with Gasteiger partial charge in [0.25, 0.3) is 23.4 Å². The molecule has 1 aliphatic rings. The molecule has 0 radical (unpaired) electrons. The molecule has 47 heavy (non-hydrogen) atoms. The number of anilines is 2. The van der Waals surface area contributed by atoms with E-state index in [1.807, 2.05) is 45.0 Å². The Labute approximate surface area is 282 Å². The van der Waals surface area contributed by atoms with E-state index in [0.29, 0.717) is 37.3 Å². The number of nitrogens with one attached hydrogen (secondary N) is 2. The Balaban J connectivity index is 1.24. The summed E-state index contributed by atoms with van der Waals surface area (Å²) in [5, 5.41) is 17.5. The minimum atomic E-state index is -0.689. The highest BCUT2D eigenvalue weighted by molar-refractivity contribution is 8.01. The number of carbonyl (C=O) groups is 3. The van der Waals surface area contributed by atoms with Crippen LogP contribution in [0, 0.1) is 30.9 Å². The lowest BCUT2D eigenvalue weighted by molar-refractivity contribution is -0.387. The lowest BCUT2D eigenvalue weighted by atomic mass is 10.1. The molecule has 0 spiro atoms. The van der Waals surface area contributed by atoms with E-state index in [1.165, 1.54) is 28.4 Å². The quantitative estimate of drug-likeness (QED) is 0.0599. The Morgan fingerprint density at radius 1 is 0.979 bits per heavy atom. The summed E-state index contributed by atoms with van der Waals surface area (Å²) in [6.07, 6.45) is 1.32. The molecule has 5 aromatic rings. The van der Waals surface area contributed by atoms with E-state index in [1.54, 1.807) is 48.5 Å². The van der Waals surface area contributed by atoms with Crippen LogP contribution in [0.5, 0.6) is 0 Å². The highest BCUT2D eigenvalue weighted by Crippen LogP contribution is 2.40. The summed E-state index contributed by atoms with van der Waals surface area (Å²) in [7, 11) is 0. The van der Waals surface area contributed by atoms with E-state index in [-0.39, 0.29) is 22.3 Å². The van der Waals surface area contributed by atoms with Crippen molar-refractivity contribution in [2.45, 2.75) is 30.0 Å². The van der Waals surface area contributed by atoms with Crippen molar-refractivity contribution in [3.63, 3.8) is 0 Å². The molecule has 234 valence electrons. The second-order valence-corrected chi connectivity index (χ2v) is 13.6. The summed E-state index contributed by atoms with van der Waals surface area (Å²) in [5.41, 5.74) is 5.11. The number of nitro groups is 1. The van der Waals surface area contributed by atoms with E-state index in [4.69, 9.17) is 12.2 Å². The minimum Gasteiger partial charge on any atom is -0.322 e. The molecule has 13 heteroatoms. The first-order valence-corrected chi connectivity index (χ1v) is 16.2. The van der Waals surface area contributed by atoms with Crippen molar-refractivity contribution in [1.82, 2.24) is 10.3 Å². The number of thiazole rings is 1. The van der Waals surface area contributed by atoms with Gasteiger partial charge in [-0.2, -0.15) is 0 Å². The lowest BCUT2D eigenvalue weighted by Gasteiger charge is -2.29. The number of rotatable bonds is 7. The summed E-state index contributed by atoms with van der Waals surface area (Å²) >= 11 is 7.77. The van der Waals surface area contributed by atoms with Crippen molar-refractivity contribution in [2.75, 3.05) is 10.2 Å². The molecule has 10 nitrogen and oxygen atoms in total. The van der Waals surface area contributed by atoms with Gasteiger partial charge in [0, 0.05) is 17.3 Å². The zero-order chi connectivity index (χ0) is 33.4. The van der Waals surface area contributed by atoms with Gasteiger partial charge in [0.05, 0.1) is 25.7 Å². The molecule has 3 amide bonds. The number of carbonyl (C=O) groups excluding carboxylic acids is 3. The van der Waals surface area contributed by atoms with Crippen LogP contribution in [-0.4, -0.2) is 32.7 Å². The van der Waals surface area contributed by atoms with Gasteiger partial charge in [-0.3, -0.25) is 34.7 Å². The van der Waals surface area contributed by atoms with E-state index in [2.05, 4.69) is 15.6 Å². The molecule has 1 aliphatic heterocycles. The maximum absolute atomic E-state index is 13.5. The number of hydrogen-bond donors (Lipinski definition) is 2. The Morgan fingerprint density at radius 3 is 2.40 bits per heavy atom. The number of hydrogen-bond acceptors (Lipinski definition) is 9. The summed E-state index contributed by atoms with van der Waals surface area (Å²) in [5.74, 6) is -1.55. The van der Waals surface area contributed by atoms with E-state index >= 15 is 0 Å². The molecular weight excluding hydrogens is 655 g/mol. The lowest BCUT2D eigenvalue weighted by Crippen LogP contribution is -2.54. The number of aromatic nitrogens is 1. The molecule has 2 N–H and O–H groups in total. The van der Waals surface area contributed by atoms with Gasteiger partial charge in [-0.05, 0) is 104 Å². The summed E-state index contributed by atoms with van der Waals surface area (Å²) in [4.78, 5) is 56.8. The fraction of sp³-hybridized carbons (Fsp3) is 0.0882. The number of nitro benzene ring substituents is 1. The highest BCUT2D eigenvalue weighted by atomic mass is 32.2. The smallest absolute Gasteiger partial charge is 0.283 e. The van der Waals surface area contributed by atoms with E-state index < -0.39 is 16.7 Å². The van der Waals surface area contributed by atoms with Crippen LogP contribution in [0.1, 0.15) is 32.6 Å². The molecule has 4 aromatic carbocycles. The monoisotopic (exact) mass is 679 g/mol. The van der Waals surface area contributed by atoms with Gasteiger partial charge in [0.2, 0.25) is 0 Å². The molecule has 1 fully saturated rings. The van der Waals surface area contributed by atoms with Crippen molar-refractivity contribution in [2.24, 2.45) is 0 Å². The van der Waals surface area contributed by atoms with Gasteiger partial charge in [0.1, 0.15) is 5.57 Å². The number of thiocarbonyl (C=S) groups is 1. The van der Waals surface area contributed by atoms with Gasteiger partial charge < -0.3 is 5.32 Å². The molecule has 0 bridgehead atoms. The fourth-order valence-corrected chi connectivity index (χ4v) is 7.45. The zero-order valence-electron chi connectivity index (χ0n) is 25.2. The first-order chi connectivity index (χ1) is 22.4. The van der Waals surface area contributed by atoms with Gasteiger partial charge in [-0.1, -0.05) is 41.6 Å². The van der Waals surface area contributed by atoms with Crippen LogP contribution in [0.2, 0.25) is 0 Å². The van der Waals surface area contributed by atoms with E-state index in [9.17, 15) is 24.5 Å². The molecule has 1 saturated heterocycles. The van der Waals surface area contributed by atoms with Crippen LogP contribution in [0.4, 0.5) is 17.1 Å². The van der Waals surface area contributed by atoms with Crippen LogP contribution in [0.25, 0.3) is 16.3 Å². The van der Waals surface area contributed by atoms with Crippen molar-refractivity contribution in [3.05, 3.63) is 122 Å². The normalized spacial score (nSPS) is 14.1. The van der Waals surface area contributed by atoms with Crippen LogP contribution in [-0.2, 0) is 9.59 Å². The van der Waals surface area contributed by atoms with Gasteiger partial charge in [-0.25, -0.2) is 4.98 Å². The number of aryl methyl sites for hydroxylation is 3. The SMILES string of the molecule is Cc1ccc(C(=O)Nc2ccc3nc(Sc4ccc(/C=C5\C(=O)NC(=S)N(c6cc(C)cc(C)c6)C5=O)cc4[N+](=O)[O-])sc3c2)cc1. The summed E-state index contributed by atoms with van der Waals surface area (Å²) in [6.45, 7) is 5.73. The average Bonchev–Trinajstić information content (AvgIpc) is 3.41. The molecular formula is C34H25N5O5S3. The molecule has 0 unspecified atom stereocenters. The summed E-state index contributed by atoms with van der Waals surface area (Å²) < 4.78 is 1.36. The second kappa shape index (κ2) is 12.9. The number of benzene rings is 4. The maximum Gasteiger partial charge on any atom is 0.283 e. The van der Waals surface area contributed by atoms with Crippen molar-refractivity contribution in [3.8, 4) is 0 Å². The number of amides is 3. The second-order valence-electron chi connectivity index (χ2n) is 10.9. The Hall–Kier alpha value is -5.24. The van der Waals surface area contributed by atoms with Crippen molar-refractivity contribution in [1.29, 1.82) is 0 Å². The van der Waals surface area contributed by atoms with Crippen LogP contribution >= 0.6 is 35.3 Å². The van der Waals surface area contributed by atoms with E-state index in [0.717, 1.165) is 33.2 Å². The average molecular weight is 680 g/mol. The standard InChI is InChI=1S/C34H25N5O5S3/c1-18-4-7-22(8-5-18)30(40)35-23-9-10-26-29(17-23)47-34(36-26)46-28-11-6-21(16-27(28)39(43)44)15-25-31(41)37-33(45)38(32(25)42)24-13-19(2)12-20(3)14-24/h4-17H,1-3H3,(H,35,40)(H,37,41,45)/b25-15+. The Kier molecular flexibility index (Phi) is 8.69. The third-order valence-electron chi connectivity index (χ3n) is 7.19. The van der Waals surface area contributed by atoms with Gasteiger partial charge in [-0.15, -0.1) is 11.3 Å². The minimum absolute atomic E-state index is 0.0449. The molecule has 6 rings (SSSR count). The summed E-state index contributed by atoms with van der Waals surface area (Å²) in [6, 6.07) is 22.6. The Morgan fingerprint density at radius 2 is 1.70 bits per heavy atom. The maximum atomic E-state index is 13.5. The molecule has 1 aromatic heterocycles. The third kappa shape index (κ3) is 6.82. The van der Waals surface area contributed by atoms with Crippen molar-refractivity contribution >= 4 is 91.5 Å². The predicted octanol–water partition coefficient (Wildman–Crippen LogP) is 7.36. The number of fused-ring (bicyclic) bond motifs is 1. The molecule has 0 aliphatic carbocycles. The highest BCUT2D eigenvalue weighted by Gasteiger charge is 2.35. The number of nitrogens with zero attached hydrogens (tertiary/aromatic N) is 3. The van der Waals surface area contributed by atoms with Gasteiger partial charge >= 0.3 is 0 Å². The first kappa shape index (κ1) is 31.7. The zero-order valence-corrected chi connectivity index (χ0v) is 27.6. The van der Waals surface area contributed by atoms with Crippen molar-refractivity contribution < 1.29 is 19.3 Å². The molecule has 0 saturated carbocycles. The van der Waals surface area contributed by atoms with Crippen LogP contribution < -0.4 is 15.5 Å². The first-order valence-electron chi connectivity index (χ1n) is 14.2. The third-order valence-corrected chi connectivity index (χ3v) is 9.62. The van der Waals surface area contributed by atoms with Crippen LogP contribution in [0.3, 0.4) is 0 Å². The molecule has 2 heterocycles. The van der Waals surface area contributed by atoms with Crippen LogP contribution in [0.15, 0.2) is 93.7 Å². The van der Waals surface area contributed by atoms with Gasteiger partial charge in [0.15, 0.2) is 9.45 Å². The Bertz CT molecular complexity index is 2150.